The molecule has 0 bridgehead atoms. The molecule has 0 radical (unpaired) electrons. The molecule has 0 aromatic heterocycles. The van der Waals surface area contributed by atoms with Crippen LogP contribution in [-0.2, 0) is 5.41 Å². The summed E-state index contributed by atoms with van der Waals surface area (Å²) in [6.45, 7) is 0. The molecule has 1 saturated carbocycles. The largest absolute Gasteiger partial charge is 0.0839 e. The Labute approximate surface area is 102 Å². The summed E-state index contributed by atoms with van der Waals surface area (Å²) in [6, 6.07) is 8.88. The second kappa shape index (κ2) is 3.22. The van der Waals surface area contributed by atoms with E-state index in [-0.39, 0.29) is 5.41 Å². The molecule has 1 fully saturated rings. The minimum atomic E-state index is 0.242. The predicted molar refractivity (Wildman–Crippen MR) is 71.7 cm³/mol. The third-order valence-corrected chi connectivity index (χ3v) is 4.66. The molecule has 0 aliphatic heterocycles. The van der Waals surface area contributed by atoms with Crippen molar-refractivity contribution in [2.45, 2.75) is 24.7 Å². The van der Waals surface area contributed by atoms with E-state index in [0.717, 1.165) is 5.92 Å². The molecule has 84 valence electrons. The number of fused-ring (bicyclic) bond motifs is 4. The van der Waals surface area contributed by atoms with Gasteiger partial charge in [0.25, 0.3) is 0 Å². The average Bonchev–Trinajstić information content (AvgIpc) is 2.95. The first-order chi connectivity index (χ1) is 8.40. The zero-order valence-corrected chi connectivity index (χ0v) is 9.89. The summed E-state index contributed by atoms with van der Waals surface area (Å²) in [5.74, 6) is 0.788. The number of hydrogen-bond acceptors (Lipinski definition) is 0. The Bertz CT molecular complexity index is 559. The van der Waals surface area contributed by atoms with Gasteiger partial charge in [-0.2, -0.15) is 0 Å². The molecular weight excluding hydrogens is 204 g/mol. The molecule has 0 amide bonds. The van der Waals surface area contributed by atoms with Crippen molar-refractivity contribution in [3.05, 3.63) is 65.3 Å². The van der Waals surface area contributed by atoms with Crippen LogP contribution in [0.5, 0.6) is 0 Å². The SMILES string of the molecule is C1=CCC2CCC3(C=Cc4ccccc43)C2=C1. The first-order valence-electron chi connectivity index (χ1n) is 6.56. The fourth-order valence-corrected chi connectivity index (χ4v) is 3.85. The van der Waals surface area contributed by atoms with E-state index in [0.29, 0.717) is 0 Å². The first kappa shape index (κ1) is 9.47. The fraction of sp³-hybridized carbons (Fsp3) is 0.294. The van der Waals surface area contributed by atoms with Gasteiger partial charge in [0.2, 0.25) is 0 Å². The lowest BCUT2D eigenvalue weighted by molar-refractivity contribution is 0.630. The van der Waals surface area contributed by atoms with Gasteiger partial charge in [-0.15, -0.1) is 0 Å². The molecule has 17 heavy (non-hydrogen) atoms. The van der Waals surface area contributed by atoms with Gasteiger partial charge in [0, 0.05) is 5.41 Å². The van der Waals surface area contributed by atoms with E-state index < -0.39 is 0 Å². The Morgan fingerprint density at radius 3 is 3.12 bits per heavy atom. The van der Waals surface area contributed by atoms with Crippen molar-refractivity contribution in [1.82, 2.24) is 0 Å². The monoisotopic (exact) mass is 220 g/mol. The van der Waals surface area contributed by atoms with Gasteiger partial charge in [-0.25, -0.2) is 0 Å². The maximum atomic E-state index is 2.45. The second-order valence-corrected chi connectivity index (χ2v) is 5.41. The number of allylic oxidation sites excluding steroid dienone is 5. The highest BCUT2D eigenvalue weighted by Crippen LogP contribution is 2.55. The molecule has 0 nitrogen and oxygen atoms in total. The number of hydrogen-bond donors (Lipinski definition) is 0. The molecule has 3 aliphatic rings. The summed E-state index contributed by atoms with van der Waals surface area (Å²) < 4.78 is 0. The minimum absolute atomic E-state index is 0.242. The molecule has 3 aliphatic carbocycles. The van der Waals surface area contributed by atoms with E-state index in [1.807, 2.05) is 0 Å². The molecule has 1 aromatic carbocycles. The van der Waals surface area contributed by atoms with Crippen molar-refractivity contribution in [3.63, 3.8) is 0 Å². The topological polar surface area (TPSA) is 0 Å². The third-order valence-electron chi connectivity index (χ3n) is 4.66. The summed E-state index contributed by atoms with van der Waals surface area (Å²) in [5, 5.41) is 0. The van der Waals surface area contributed by atoms with Crippen LogP contribution >= 0.6 is 0 Å². The molecule has 2 atom stereocenters. The molecule has 2 unspecified atom stereocenters. The highest BCUT2D eigenvalue weighted by Gasteiger charge is 2.45. The van der Waals surface area contributed by atoms with Gasteiger partial charge in [-0.3, -0.25) is 0 Å². The van der Waals surface area contributed by atoms with Crippen molar-refractivity contribution >= 4 is 6.08 Å². The average molecular weight is 220 g/mol. The van der Waals surface area contributed by atoms with Crippen molar-refractivity contribution in [2.24, 2.45) is 5.92 Å². The van der Waals surface area contributed by atoms with E-state index in [1.54, 1.807) is 5.57 Å². The van der Waals surface area contributed by atoms with Crippen LogP contribution < -0.4 is 0 Å². The quantitative estimate of drug-likeness (QED) is 0.613. The standard InChI is InChI=1S/C17H16/c1-3-7-15-13(5-1)9-11-17(15)12-10-14-6-2-4-8-16(14)17/h1-5,7-9,11,14H,6,10,12H2. The van der Waals surface area contributed by atoms with E-state index >= 15 is 0 Å². The summed E-state index contributed by atoms with van der Waals surface area (Å²) >= 11 is 0. The summed E-state index contributed by atoms with van der Waals surface area (Å²) in [5.41, 5.74) is 4.85. The molecule has 1 aromatic rings. The van der Waals surface area contributed by atoms with Gasteiger partial charge < -0.3 is 0 Å². The van der Waals surface area contributed by atoms with Crippen LogP contribution in [0.1, 0.15) is 30.4 Å². The minimum Gasteiger partial charge on any atom is -0.0839 e. The molecule has 0 heteroatoms. The van der Waals surface area contributed by atoms with Gasteiger partial charge in [0.1, 0.15) is 0 Å². The summed E-state index contributed by atoms with van der Waals surface area (Å²) in [6.07, 6.45) is 15.6. The Hall–Kier alpha value is -1.56. The maximum Gasteiger partial charge on any atom is 0.0356 e. The van der Waals surface area contributed by atoms with Crippen molar-refractivity contribution in [1.29, 1.82) is 0 Å². The highest BCUT2D eigenvalue weighted by atomic mass is 14.5. The summed E-state index contributed by atoms with van der Waals surface area (Å²) in [7, 11) is 0. The van der Waals surface area contributed by atoms with E-state index in [4.69, 9.17) is 0 Å². The first-order valence-corrected chi connectivity index (χ1v) is 6.56. The zero-order chi connectivity index (χ0) is 11.3. The zero-order valence-electron chi connectivity index (χ0n) is 9.89. The van der Waals surface area contributed by atoms with Gasteiger partial charge in [0.05, 0.1) is 0 Å². The number of rotatable bonds is 0. The van der Waals surface area contributed by atoms with Crippen LogP contribution in [0.3, 0.4) is 0 Å². The smallest absolute Gasteiger partial charge is 0.0356 e. The Kier molecular flexibility index (Phi) is 1.80. The van der Waals surface area contributed by atoms with Crippen LogP contribution in [0, 0.1) is 5.92 Å². The van der Waals surface area contributed by atoms with Gasteiger partial charge in [-0.1, -0.05) is 60.2 Å². The Balaban J connectivity index is 1.93. The van der Waals surface area contributed by atoms with Crippen LogP contribution in [-0.4, -0.2) is 0 Å². The van der Waals surface area contributed by atoms with E-state index in [1.165, 1.54) is 30.4 Å². The second-order valence-electron chi connectivity index (χ2n) is 5.41. The molecular formula is C17H16. The van der Waals surface area contributed by atoms with Gasteiger partial charge in [-0.05, 0) is 36.3 Å². The molecule has 0 N–H and O–H groups in total. The normalized spacial score (nSPS) is 32.7. The molecule has 0 saturated heterocycles. The number of benzene rings is 1. The van der Waals surface area contributed by atoms with E-state index in [2.05, 4.69) is 54.6 Å². The lowest BCUT2D eigenvalue weighted by Gasteiger charge is -2.28. The van der Waals surface area contributed by atoms with Crippen molar-refractivity contribution in [2.75, 3.05) is 0 Å². The van der Waals surface area contributed by atoms with Crippen molar-refractivity contribution in [3.8, 4) is 0 Å². The lowest BCUT2D eigenvalue weighted by Crippen LogP contribution is -2.21. The van der Waals surface area contributed by atoms with Gasteiger partial charge in [0.15, 0.2) is 0 Å². The van der Waals surface area contributed by atoms with Crippen LogP contribution in [0.15, 0.2) is 54.1 Å². The van der Waals surface area contributed by atoms with Crippen LogP contribution in [0.2, 0.25) is 0 Å². The molecule has 0 heterocycles. The Morgan fingerprint density at radius 2 is 2.12 bits per heavy atom. The molecule has 1 spiro atoms. The van der Waals surface area contributed by atoms with E-state index in [9.17, 15) is 0 Å². The lowest BCUT2D eigenvalue weighted by atomic mass is 9.75. The summed E-state index contributed by atoms with van der Waals surface area (Å²) in [4.78, 5) is 0. The third kappa shape index (κ3) is 1.13. The van der Waals surface area contributed by atoms with Crippen LogP contribution in [0.4, 0.5) is 0 Å². The Morgan fingerprint density at radius 1 is 1.18 bits per heavy atom. The maximum absolute atomic E-state index is 2.45. The van der Waals surface area contributed by atoms with Crippen LogP contribution in [0.25, 0.3) is 6.08 Å². The predicted octanol–water partition coefficient (Wildman–Crippen LogP) is 4.25. The highest BCUT2D eigenvalue weighted by molar-refractivity contribution is 5.69. The molecule has 4 rings (SSSR count). The van der Waals surface area contributed by atoms with Gasteiger partial charge >= 0.3 is 0 Å². The van der Waals surface area contributed by atoms with Crippen molar-refractivity contribution < 1.29 is 0 Å². The fourth-order valence-electron chi connectivity index (χ4n) is 3.85.